The van der Waals surface area contributed by atoms with Crippen molar-refractivity contribution >= 4 is 22.5 Å². The molecule has 3 rings (SSSR count). The number of imidazole rings is 1. The lowest BCUT2D eigenvalue weighted by molar-refractivity contribution is 0.754. The summed E-state index contributed by atoms with van der Waals surface area (Å²) in [5.41, 5.74) is 5.60. The van der Waals surface area contributed by atoms with Crippen LogP contribution in [0.3, 0.4) is 0 Å². The van der Waals surface area contributed by atoms with Gasteiger partial charge in [-0.2, -0.15) is 5.26 Å². The number of fused-ring (bicyclic) bond motifs is 3. The summed E-state index contributed by atoms with van der Waals surface area (Å²) in [6.07, 6.45) is 1.91. The Morgan fingerprint density at radius 1 is 1.30 bits per heavy atom. The van der Waals surface area contributed by atoms with E-state index in [4.69, 9.17) is 4.98 Å². The molecule has 2 heterocycles. The van der Waals surface area contributed by atoms with Crippen LogP contribution in [0.15, 0.2) is 24.3 Å². The maximum absolute atomic E-state index is 9.66. The molecule has 0 spiro atoms. The summed E-state index contributed by atoms with van der Waals surface area (Å²) >= 11 is 0. The number of nitrogens with zero attached hydrogens (tertiary/aromatic N) is 3. The fourth-order valence-electron chi connectivity index (χ4n) is 3.10. The fraction of sp³-hybridized carbons (Fsp3) is 0.368. The Balaban J connectivity index is 2.49. The van der Waals surface area contributed by atoms with E-state index in [0.29, 0.717) is 11.6 Å². The Morgan fingerprint density at radius 3 is 2.70 bits per heavy atom. The third kappa shape index (κ3) is 2.33. The number of pyridine rings is 1. The number of hydrogen-bond acceptors (Lipinski definition) is 3. The lowest BCUT2D eigenvalue weighted by Crippen LogP contribution is -2.18. The first-order valence-corrected chi connectivity index (χ1v) is 8.21. The molecule has 0 aliphatic carbocycles. The number of para-hydroxylation sites is 2. The summed E-state index contributed by atoms with van der Waals surface area (Å²) in [5.74, 6) is 1.07. The molecular weight excluding hydrogens is 284 g/mol. The van der Waals surface area contributed by atoms with Gasteiger partial charge in [-0.1, -0.05) is 26.0 Å². The minimum Gasteiger partial charge on any atom is -0.368 e. The normalized spacial score (nSPS) is 12.5. The van der Waals surface area contributed by atoms with Gasteiger partial charge in [-0.05, 0) is 49.9 Å². The molecule has 0 bridgehead atoms. The highest BCUT2D eigenvalue weighted by Gasteiger charge is 2.20. The highest BCUT2D eigenvalue weighted by atomic mass is 15.1. The van der Waals surface area contributed by atoms with Gasteiger partial charge in [0.15, 0.2) is 5.65 Å². The molecule has 118 valence electrons. The first-order chi connectivity index (χ1) is 11.1. The van der Waals surface area contributed by atoms with E-state index < -0.39 is 0 Å². The average Bonchev–Trinajstić information content (AvgIpc) is 2.94. The first-order valence-electron chi connectivity index (χ1n) is 8.21. The van der Waals surface area contributed by atoms with Crippen LogP contribution in [0.1, 0.15) is 43.9 Å². The molecule has 0 saturated carbocycles. The third-order valence-electron chi connectivity index (χ3n) is 4.58. The molecule has 4 nitrogen and oxygen atoms in total. The summed E-state index contributed by atoms with van der Waals surface area (Å²) in [7, 11) is 0. The lowest BCUT2D eigenvalue weighted by atomic mass is 10.0. The van der Waals surface area contributed by atoms with E-state index in [0.717, 1.165) is 40.9 Å². The van der Waals surface area contributed by atoms with Crippen molar-refractivity contribution < 1.29 is 0 Å². The van der Waals surface area contributed by atoms with Gasteiger partial charge in [-0.25, -0.2) is 4.98 Å². The Labute approximate surface area is 136 Å². The Morgan fingerprint density at radius 2 is 2.04 bits per heavy atom. The van der Waals surface area contributed by atoms with Gasteiger partial charge in [0.25, 0.3) is 0 Å². The van der Waals surface area contributed by atoms with Crippen molar-refractivity contribution in [3.8, 4) is 6.07 Å². The predicted octanol–water partition coefficient (Wildman–Crippen LogP) is 4.44. The van der Waals surface area contributed by atoms with Gasteiger partial charge >= 0.3 is 0 Å². The van der Waals surface area contributed by atoms with Gasteiger partial charge in [-0.15, -0.1) is 0 Å². The molecule has 3 aromatic rings. The molecule has 2 aromatic heterocycles. The monoisotopic (exact) mass is 306 g/mol. The minimum atomic E-state index is 0.358. The zero-order valence-corrected chi connectivity index (χ0v) is 14.1. The molecule has 0 amide bonds. The predicted molar refractivity (Wildman–Crippen MR) is 94.9 cm³/mol. The first kappa shape index (κ1) is 15.4. The molecule has 0 radical (unpaired) electrons. The second kappa shape index (κ2) is 5.92. The topological polar surface area (TPSA) is 53.1 Å². The van der Waals surface area contributed by atoms with Crippen molar-refractivity contribution in [3.63, 3.8) is 0 Å². The third-order valence-corrected chi connectivity index (χ3v) is 4.58. The number of rotatable bonds is 4. The summed E-state index contributed by atoms with van der Waals surface area (Å²) in [5, 5.41) is 13.3. The highest BCUT2D eigenvalue weighted by Crippen LogP contribution is 2.31. The molecule has 1 atom stereocenters. The minimum absolute atomic E-state index is 0.358. The molecule has 23 heavy (non-hydrogen) atoms. The standard InChI is InChI=1S/C19H22N4/c1-5-12(3)21-18-14(6-2)13(4)15(11-20)19-22-16-9-7-8-10-17(16)23(18)19/h7-10,12,21H,5-6H2,1-4H3/t12-/m0/s1. The highest BCUT2D eigenvalue weighted by molar-refractivity contribution is 5.86. The van der Waals surface area contributed by atoms with Crippen LogP contribution in [0, 0.1) is 18.3 Å². The SMILES string of the molecule is CCc1c(C)c(C#N)c2nc3ccccc3n2c1N[C@@H](C)CC. The van der Waals surface area contributed by atoms with Crippen molar-refractivity contribution in [2.24, 2.45) is 0 Å². The van der Waals surface area contributed by atoms with E-state index in [1.807, 2.05) is 25.1 Å². The summed E-state index contributed by atoms with van der Waals surface area (Å²) in [4.78, 5) is 4.72. The number of hydrogen-bond donors (Lipinski definition) is 1. The largest absolute Gasteiger partial charge is 0.368 e. The van der Waals surface area contributed by atoms with E-state index in [1.54, 1.807) is 0 Å². The fourth-order valence-corrected chi connectivity index (χ4v) is 3.10. The van der Waals surface area contributed by atoms with E-state index in [9.17, 15) is 5.26 Å². The average molecular weight is 306 g/mol. The zero-order chi connectivity index (χ0) is 16.6. The van der Waals surface area contributed by atoms with Gasteiger partial charge in [0.2, 0.25) is 0 Å². The maximum Gasteiger partial charge on any atom is 0.157 e. The summed E-state index contributed by atoms with van der Waals surface area (Å²) < 4.78 is 2.12. The van der Waals surface area contributed by atoms with E-state index in [1.165, 1.54) is 5.56 Å². The molecule has 1 aromatic carbocycles. The van der Waals surface area contributed by atoms with Gasteiger partial charge in [0, 0.05) is 6.04 Å². The second-order valence-electron chi connectivity index (χ2n) is 6.01. The smallest absolute Gasteiger partial charge is 0.157 e. The van der Waals surface area contributed by atoms with Gasteiger partial charge < -0.3 is 5.32 Å². The van der Waals surface area contributed by atoms with E-state index in [2.05, 4.69) is 42.6 Å². The molecule has 4 heteroatoms. The molecule has 0 aliphatic heterocycles. The van der Waals surface area contributed by atoms with Crippen molar-refractivity contribution in [2.45, 2.75) is 46.6 Å². The number of nitrogens with one attached hydrogen (secondary N) is 1. The Kier molecular flexibility index (Phi) is 3.96. The van der Waals surface area contributed by atoms with Crippen LogP contribution in [-0.2, 0) is 6.42 Å². The molecule has 1 N–H and O–H groups in total. The summed E-state index contributed by atoms with van der Waals surface area (Å²) in [6, 6.07) is 10.8. The lowest BCUT2D eigenvalue weighted by Gasteiger charge is -2.21. The summed E-state index contributed by atoms with van der Waals surface area (Å²) in [6.45, 7) is 8.51. The number of aromatic nitrogens is 2. The number of anilines is 1. The Hall–Kier alpha value is -2.54. The maximum atomic E-state index is 9.66. The van der Waals surface area contributed by atoms with Crippen molar-refractivity contribution in [1.82, 2.24) is 9.38 Å². The van der Waals surface area contributed by atoms with Gasteiger partial charge in [0.1, 0.15) is 11.9 Å². The Bertz CT molecular complexity index is 915. The van der Waals surface area contributed by atoms with Crippen molar-refractivity contribution in [1.29, 1.82) is 5.26 Å². The molecule has 0 fully saturated rings. The van der Waals surface area contributed by atoms with Crippen LogP contribution in [0.2, 0.25) is 0 Å². The van der Waals surface area contributed by atoms with Gasteiger partial charge in [-0.3, -0.25) is 4.40 Å². The van der Waals surface area contributed by atoms with E-state index in [-0.39, 0.29) is 0 Å². The van der Waals surface area contributed by atoms with Crippen LogP contribution in [0.25, 0.3) is 16.7 Å². The van der Waals surface area contributed by atoms with Crippen LogP contribution in [-0.4, -0.2) is 15.4 Å². The second-order valence-corrected chi connectivity index (χ2v) is 6.01. The molecule has 0 saturated heterocycles. The number of nitriles is 1. The van der Waals surface area contributed by atoms with Crippen LogP contribution >= 0.6 is 0 Å². The van der Waals surface area contributed by atoms with Crippen LogP contribution in [0.5, 0.6) is 0 Å². The van der Waals surface area contributed by atoms with Crippen molar-refractivity contribution in [2.75, 3.05) is 5.32 Å². The quantitative estimate of drug-likeness (QED) is 0.775. The van der Waals surface area contributed by atoms with Crippen LogP contribution < -0.4 is 5.32 Å². The molecule has 0 unspecified atom stereocenters. The molecular formula is C19H22N4. The van der Waals surface area contributed by atoms with Crippen molar-refractivity contribution in [3.05, 3.63) is 41.0 Å². The number of benzene rings is 1. The van der Waals surface area contributed by atoms with Gasteiger partial charge in [0.05, 0.1) is 16.6 Å². The van der Waals surface area contributed by atoms with Crippen LogP contribution in [0.4, 0.5) is 5.82 Å². The molecule has 0 aliphatic rings. The zero-order valence-electron chi connectivity index (χ0n) is 14.1. The van der Waals surface area contributed by atoms with E-state index >= 15 is 0 Å².